The van der Waals surface area contributed by atoms with E-state index in [0.29, 0.717) is 13.0 Å². The number of likely N-dealkylation sites (tertiary alicyclic amines) is 1. The van der Waals surface area contributed by atoms with Crippen LogP contribution < -0.4 is 4.74 Å². The zero-order chi connectivity index (χ0) is 21.9. The first kappa shape index (κ1) is 21.0. The van der Waals surface area contributed by atoms with Gasteiger partial charge in [0, 0.05) is 32.0 Å². The van der Waals surface area contributed by atoms with Crippen molar-refractivity contribution in [1.82, 2.24) is 14.5 Å². The first-order chi connectivity index (χ1) is 15.7. The van der Waals surface area contributed by atoms with E-state index in [1.165, 1.54) is 44.0 Å². The van der Waals surface area contributed by atoms with Gasteiger partial charge in [0.25, 0.3) is 0 Å². The summed E-state index contributed by atoms with van der Waals surface area (Å²) in [4.78, 5) is 19.9. The van der Waals surface area contributed by atoms with Crippen LogP contribution in [0, 0.1) is 5.92 Å². The average Bonchev–Trinajstić information content (AvgIpc) is 3.39. The van der Waals surface area contributed by atoms with Crippen LogP contribution in [0.25, 0.3) is 11.0 Å². The van der Waals surface area contributed by atoms with Gasteiger partial charge in [0.2, 0.25) is 5.91 Å². The summed E-state index contributed by atoms with van der Waals surface area (Å²) >= 11 is 0. The Balaban J connectivity index is 1.34. The highest BCUT2D eigenvalue weighted by atomic mass is 16.5. The number of fused-ring (bicyclic) bond motifs is 1. The van der Waals surface area contributed by atoms with Crippen molar-refractivity contribution in [2.75, 3.05) is 13.7 Å². The molecule has 1 unspecified atom stereocenters. The van der Waals surface area contributed by atoms with Gasteiger partial charge in [-0.2, -0.15) is 0 Å². The quantitative estimate of drug-likeness (QED) is 0.494. The highest BCUT2D eigenvalue weighted by Crippen LogP contribution is 2.33. The Hall–Kier alpha value is -2.82. The Labute approximate surface area is 190 Å². The van der Waals surface area contributed by atoms with E-state index < -0.39 is 0 Å². The monoisotopic (exact) mass is 431 g/mol. The average molecular weight is 432 g/mol. The number of carbonyl (C=O) groups is 1. The summed E-state index contributed by atoms with van der Waals surface area (Å²) in [5.41, 5.74) is 3.39. The van der Waals surface area contributed by atoms with Gasteiger partial charge in [-0.15, -0.1) is 0 Å². The van der Waals surface area contributed by atoms with E-state index in [1.54, 1.807) is 7.11 Å². The predicted octanol–water partition coefficient (Wildman–Crippen LogP) is 5.53. The lowest BCUT2D eigenvalue weighted by molar-refractivity contribution is -0.128. The Morgan fingerprint density at radius 3 is 2.59 bits per heavy atom. The molecule has 0 N–H and O–H groups in total. The van der Waals surface area contributed by atoms with Crippen LogP contribution in [-0.2, 0) is 17.9 Å². The van der Waals surface area contributed by atoms with Gasteiger partial charge in [-0.05, 0) is 42.2 Å². The third-order valence-corrected chi connectivity index (χ3v) is 7.28. The third kappa shape index (κ3) is 4.38. The molecular weight excluding hydrogens is 398 g/mol. The first-order valence-electron chi connectivity index (χ1n) is 12.1. The molecule has 0 bridgehead atoms. The van der Waals surface area contributed by atoms with Gasteiger partial charge in [0.15, 0.2) is 0 Å². The van der Waals surface area contributed by atoms with Crippen molar-refractivity contribution in [2.24, 2.45) is 5.92 Å². The van der Waals surface area contributed by atoms with Gasteiger partial charge in [-0.1, -0.05) is 56.4 Å². The molecule has 3 aromatic rings. The molecule has 2 fully saturated rings. The number of para-hydroxylation sites is 2. The normalized spacial score (nSPS) is 19.7. The number of benzene rings is 2. The van der Waals surface area contributed by atoms with Crippen LogP contribution in [0.3, 0.4) is 0 Å². The molecule has 2 heterocycles. The maximum Gasteiger partial charge on any atom is 0.223 e. The van der Waals surface area contributed by atoms with E-state index in [0.717, 1.165) is 41.7 Å². The topological polar surface area (TPSA) is 47.4 Å². The van der Waals surface area contributed by atoms with E-state index in [4.69, 9.17) is 9.72 Å². The minimum atomic E-state index is 0.152. The van der Waals surface area contributed by atoms with Crippen molar-refractivity contribution in [3.8, 4) is 5.75 Å². The Bertz CT molecular complexity index is 1070. The fourth-order valence-electron chi connectivity index (χ4n) is 5.48. The van der Waals surface area contributed by atoms with Gasteiger partial charge in [0.1, 0.15) is 11.6 Å². The number of hydrogen-bond donors (Lipinski definition) is 0. The fraction of sp³-hybridized carbons (Fsp3) is 0.481. The predicted molar refractivity (Wildman–Crippen MR) is 127 cm³/mol. The number of ether oxygens (including phenoxy) is 1. The smallest absolute Gasteiger partial charge is 0.223 e. The largest absolute Gasteiger partial charge is 0.497 e. The van der Waals surface area contributed by atoms with Gasteiger partial charge in [-0.25, -0.2) is 4.98 Å². The molecule has 2 aliphatic rings. The summed E-state index contributed by atoms with van der Waals surface area (Å²) in [5.74, 6) is 3.13. The molecule has 5 rings (SSSR count). The van der Waals surface area contributed by atoms with Crippen molar-refractivity contribution in [1.29, 1.82) is 0 Å². The second kappa shape index (κ2) is 9.35. The highest BCUT2D eigenvalue weighted by molar-refractivity contribution is 5.81. The molecule has 0 radical (unpaired) electrons. The van der Waals surface area contributed by atoms with Crippen LogP contribution in [0.1, 0.15) is 62.3 Å². The number of carbonyl (C=O) groups excluding carboxylic acids is 1. The number of aryl methyl sites for hydroxylation is 1. The molecule has 0 spiro atoms. The van der Waals surface area contributed by atoms with Crippen molar-refractivity contribution in [3.63, 3.8) is 0 Å². The van der Waals surface area contributed by atoms with Gasteiger partial charge in [0.05, 0.1) is 18.1 Å². The molecule has 168 valence electrons. The molecule has 1 atom stereocenters. The molecule has 2 aromatic carbocycles. The highest BCUT2D eigenvalue weighted by Gasteiger charge is 2.34. The lowest BCUT2D eigenvalue weighted by Gasteiger charge is -2.23. The van der Waals surface area contributed by atoms with Crippen LogP contribution in [0.4, 0.5) is 0 Å². The van der Waals surface area contributed by atoms with Crippen molar-refractivity contribution in [2.45, 2.75) is 64.0 Å². The zero-order valence-corrected chi connectivity index (χ0v) is 19.0. The molecule has 1 saturated heterocycles. The van der Waals surface area contributed by atoms with Crippen molar-refractivity contribution < 1.29 is 9.53 Å². The maximum atomic E-state index is 12.9. The number of amides is 1. The summed E-state index contributed by atoms with van der Waals surface area (Å²) in [7, 11) is 1.67. The molecule has 32 heavy (non-hydrogen) atoms. The van der Waals surface area contributed by atoms with E-state index in [1.807, 2.05) is 29.2 Å². The minimum absolute atomic E-state index is 0.152. The van der Waals surface area contributed by atoms with Gasteiger partial charge < -0.3 is 14.2 Å². The van der Waals surface area contributed by atoms with Crippen LogP contribution in [0.2, 0.25) is 0 Å². The molecule has 1 amide bonds. The Kier molecular flexibility index (Phi) is 6.15. The molecule has 1 aliphatic carbocycles. The lowest BCUT2D eigenvalue weighted by atomic mass is 9.87. The molecule has 5 nitrogen and oxygen atoms in total. The summed E-state index contributed by atoms with van der Waals surface area (Å²) in [6.45, 7) is 2.38. The summed E-state index contributed by atoms with van der Waals surface area (Å²) < 4.78 is 7.67. The lowest BCUT2D eigenvalue weighted by Crippen LogP contribution is -2.24. The molecule has 1 aliphatic heterocycles. The number of aromatic nitrogens is 2. The summed E-state index contributed by atoms with van der Waals surface area (Å²) in [6.07, 6.45) is 8.62. The second-order valence-electron chi connectivity index (χ2n) is 9.43. The number of rotatable bonds is 7. The minimum Gasteiger partial charge on any atom is -0.497 e. The molecular formula is C27H33N3O2. The van der Waals surface area contributed by atoms with Crippen LogP contribution >= 0.6 is 0 Å². The number of methoxy groups -OCH3 is 1. The van der Waals surface area contributed by atoms with E-state index in [9.17, 15) is 4.79 Å². The summed E-state index contributed by atoms with van der Waals surface area (Å²) in [5, 5.41) is 0. The molecule has 5 heteroatoms. The van der Waals surface area contributed by atoms with Crippen LogP contribution in [0.15, 0.2) is 48.5 Å². The Morgan fingerprint density at radius 2 is 1.81 bits per heavy atom. The second-order valence-corrected chi connectivity index (χ2v) is 9.43. The van der Waals surface area contributed by atoms with Crippen molar-refractivity contribution >= 4 is 16.9 Å². The van der Waals surface area contributed by atoms with E-state index in [-0.39, 0.29) is 11.8 Å². The van der Waals surface area contributed by atoms with Gasteiger partial charge in [-0.3, -0.25) is 4.79 Å². The third-order valence-electron chi connectivity index (χ3n) is 7.28. The fourth-order valence-corrected chi connectivity index (χ4v) is 5.48. The maximum absolute atomic E-state index is 12.9. The number of imidazole rings is 1. The first-order valence-corrected chi connectivity index (χ1v) is 12.1. The molecule has 1 saturated carbocycles. The Morgan fingerprint density at radius 1 is 1.03 bits per heavy atom. The van der Waals surface area contributed by atoms with Crippen LogP contribution in [0.5, 0.6) is 5.75 Å². The van der Waals surface area contributed by atoms with E-state index in [2.05, 4.69) is 28.8 Å². The van der Waals surface area contributed by atoms with E-state index >= 15 is 0 Å². The summed E-state index contributed by atoms with van der Waals surface area (Å²) in [6, 6.07) is 16.4. The van der Waals surface area contributed by atoms with Crippen LogP contribution in [-0.4, -0.2) is 34.0 Å². The number of nitrogens with zero attached hydrogens (tertiary/aromatic N) is 3. The SMILES string of the molecule is COc1ccc(CN2CC(c3nc4ccccc4n3CCC3CCCCC3)CC2=O)cc1. The number of hydrogen-bond acceptors (Lipinski definition) is 3. The van der Waals surface area contributed by atoms with Gasteiger partial charge >= 0.3 is 0 Å². The van der Waals surface area contributed by atoms with Crippen molar-refractivity contribution in [3.05, 3.63) is 59.9 Å². The standard InChI is InChI=1S/C27H33N3O2/c1-32-23-13-11-21(12-14-23)18-29-19-22(17-26(29)31)27-28-24-9-5-6-10-25(24)30(27)16-15-20-7-3-2-4-8-20/h5-6,9-14,20,22H,2-4,7-8,15-19H2,1H3. The zero-order valence-electron chi connectivity index (χ0n) is 19.0. The molecule has 1 aromatic heterocycles.